The number of ether oxygens (including phenoxy) is 1. The van der Waals surface area contributed by atoms with Crippen LogP contribution in [0.4, 0.5) is 0 Å². The molecule has 0 amide bonds. The van der Waals surface area contributed by atoms with Crippen molar-refractivity contribution in [2.24, 2.45) is 0 Å². The Kier molecular flexibility index (Phi) is 3.23. The van der Waals surface area contributed by atoms with E-state index >= 15 is 0 Å². The summed E-state index contributed by atoms with van der Waals surface area (Å²) in [6.07, 6.45) is 1.79. The van der Waals surface area contributed by atoms with Gasteiger partial charge >= 0.3 is 0 Å². The molecule has 0 aliphatic heterocycles. The Balaban J connectivity index is 2.69. The summed E-state index contributed by atoms with van der Waals surface area (Å²) in [4.78, 5) is 5.11. The predicted molar refractivity (Wildman–Crippen MR) is 50.7 cm³/mol. The molecule has 0 radical (unpaired) electrons. The third-order valence-corrected chi connectivity index (χ3v) is 2.72. The second kappa shape index (κ2) is 3.99. The van der Waals surface area contributed by atoms with E-state index in [4.69, 9.17) is 4.74 Å². The molecule has 1 aromatic heterocycles. The van der Waals surface area contributed by atoms with Gasteiger partial charge in [0.1, 0.15) is 0 Å². The first kappa shape index (κ1) is 8.90. The van der Waals surface area contributed by atoms with Gasteiger partial charge in [0.25, 0.3) is 0 Å². The SMILES string of the molecule is C=C(COC)c1cnc(Br)s1. The molecule has 0 unspecified atom stereocenters. The Hall–Kier alpha value is -0.190. The highest BCUT2D eigenvalue weighted by atomic mass is 79.9. The third kappa shape index (κ3) is 2.39. The monoisotopic (exact) mass is 233 g/mol. The molecule has 0 aliphatic rings. The fraction of sp³-hybridized carbons (Fsp3) is 0.286. The lowest BCUT2D eigenvalue weighted by molar-refractivity contribution is 0.240. The van der Waals surface area contributed by atoms with Crippen LogP contribution in [0.2, 0.25) is 0 Å². The summed E-state index contributed by atoms with van der Waals surface area (Å²) in [5.74, 6) is 0. The Morgan fingerprint density at radius 2 is 2.64 bits per heavy atom. The smallest absolute Gasteiger partial charge is 0.159 e. The zero-order chi connectivity index (χ0) is 8.27. The number of thiazole rings is 1. The number of hydrogen-bond acceptors (Lipinski definition) is 3. The normalized spacial score (nSPS) is 10.0. The zero-order valence-corrected chi connectivity index (χ0v) is 8.54. The molecule has 0 aromatic carbocycles. The van der Waals surface area contributed by atoms with Crippen molar-refractivity contribution in [2.75, 3.05) is 13.7 Å². The van der Waals surface area contributed by atoms with Crippen LogP contribution >= 0.6 is 27.3 Å². The van der Waals surface area contributed by atoms with Gasteiger partial charge in [-0.2, -0.15) is 0 Å². The highest BCUT2D eigenvalue weighted by molar-refractivity contribution is 9.11. The van der Waals surface area contributed by atoms with Crippen molar-refractivity contribution in [3.63, 3.8) is 0 Å². The van der Waals surface area contributed by atoms with E-state index in [0.717, 1.165) is 14.4 Å². The largest absolute Gasteiger partial charge is 0.380 e. The first-order valence-corrected chi connectivity index (χ1v) is 4.63. The van der Waals surface area contributed by atoms with Crippen molar-refractivity contribution < 1.29 is 4.74 Å². The van der Waals surface area contributed by atoms with Crippen LogP contribution in [0, 0.1) is 0 Å². The molecule has 0 bridgehead atoms. The molecule has 11 heavy (non-hydrogen) atoms. The summed E-state index contributed by atoms with van der Waals surface area (Å²) in [7, 11) is 1.65. The second-order valence-corrected chi connectivity index (χ2v) is 4.32. The van der Waals surface area contributed by atoms with Crippen LogP contribution in [-0.4, -0.2) is 18.7 Å². The van der Waals surface area contributed by atoms with E-state index in [-0.39, 0.29) is 0 Å². The summed E-state index contributed by atoms with van der Waals surface area (Å²) >= 11 is 4.84. The first-order chi connectivity index (χ1) is 5.24. The fourth-order valence-electron chi connectivity index (χ4n) is 0.662. The summed E-state index contributed by atoms with van der Waals surface area (Å²) in [6, 6.07) is 0. The molecular weight excluding hydrogens is 226 g/mol. The Morgan fingerprint density at radius 3 is 3.09 bits per heavy atom. The maximum atomic E-state index is 4.93. The number of rotatable bonds is 3. The second-order valence-electron chi connectivity index (χ2n) is 2.01. The average Bonchev–Trinajstić information content (AvgIpc) is 2.36. The van der Waals surface area contributed by atoms with Crippen LogP contribution in [0.1, 0.15) is 4.88 Å². The van der Waals surface area contributed by atoms with Crippen molar-refractivity contribution in [3.8, 4) is 0 Å². The van der Waals surface area contributed by atoms with Crippen LogP contribution < -0.4 is 0 Å². The van der Waals surface area contributed by atoms with Gasteiger partial charge in [0.15, 0.2) is 3.92 Å². The number of aromatic nitrogens is 1. The summed E-state index contributed by atoms with van der Waals surface area (Å²) < 4.78 is 5.81. The van der Waals surface area contributed by atoms with Gasteiger partial charge in [-0.1, -0.05) is 6.58 Å². The molecule has 1 aromatic rings. The van der Waals surface area contributed by atoms with E-state index in [0.29, 0.717) is 6.61 Å². The lowest BCUT2D eigenvalue weighted by atomic mass is 10.3. The zero-order valence-electron chi connectivity index (χ0n) is 6.13. The summed E-state index contributed by atoms with van der Waals surface area (Å²) in [6.45, 7) is 4.42. The Bertz CT molecular complexity index is 259. The molecule has 0 saturated carbocycles. The van der Waals surface area contributed by atoms with Crippen molar-refractivity contribution in [1.29, 1.82) is 0 Å². The van der Waals surface area contributed by atoms with E-state index in [1.807, 2.05) is 0 Å². The average molecular weight is 234 g/mol. The Morgan fingerprint density at radius 1 is 1.91 bits per heavy atom. The quantitative estimate of drug-likeness (QED) is 0.801. The van der Waals surface area contributed by atoms with Gasteiger partial charge < -0.3 is 4.74 Å². The van der Waals surface area contributed by atoms with Gasteiger partial charge in [-0.3, -0.25) is 0 Å². The van der Waals surface area contributed by atoms with Crippen LogP contribution in [0.3, 0.4) is 0 Å². The van der Waals surface area contributed by atoms with Gasteiger partial charge in [0.2, 0.25) is 0 Å². The van der Waals surface area contributed by atoms with Gasteiger partial charge in [-0.05, 0) is 21.5 Å². The molecule has 1 rings (SSSR count). The molecule has 0 saturated heterocycles. The van der Waals surface area contributed by atoms with Crippen LogP contribution in [0.25, 0.3) is 5.57 Å². The van der Waals surface area contributed by atoms with Gasteiger partial charge in [-0.25, -0.2) is 4.98 Å². The van der Waals surface area contributed by atoms with Crippen LogP contribution in [-0.2, 0) is 4.74 Å². The summed E-state index contributed by atoms with van der Waals surface area (Å²) in [5, 5.41) is 0. The third-order valence-electron chi connectivity index (χ3n) is 1.14. The number of hydrogen-bond donors (Lipinski definition) is 0. The molecule has 60 valence electrons. The van der Waals surface area contributed by atoms with Crippen molar-refractivity contribution >= 4 is 32.8 Å². The lowest BCUT2D eigenvalue weighted by Gasteiger charge is -1.97. The fourth-order valence-corrected chi connectivity index (χ4v) is 1.88. The highest BCUT2D eigenvalue weighted by Gasteiger charge is 2.02. The van der Waals surface area contributed by atoms with Crippen molar-refractivity contribution in [2.45, 2.75) is 0 Å². The van der Waals surface area contributed by atoms with Gasteiger partial charge in [-0.15, -0.1) is 11.3 Å². The topological polar surface area (TPSA) is 22.1 Å². The van der Waals surface area contributed by atoms with Gasteiger partial charge in [0.05, 0.1) is 11.5 Å². The van der Waals surface area contributed by atoms with Crippen LogP contribution in [0.15, 0.2) is 16.7 Å². The predicted octanol–water partition coefficient (Wildman–Crippen LogP) is 2.57. The van der Waals surface area contributed by atoms with E-state index in [1.165, 1.54) is 0 Å². The standard InChI is InChI=1S/C7H8BrNOS/c1-5(4-10-2)6-3-9-7(8)11-6/h3H,1,4H2,2H3. The van der Waals surface area contributed by atoms with Crippen molar-refractivity contribution in [3.05, 3.63) is 21.6 Å². The molecule has 0 atom stereocenters. The molecule has 4 heteroatoms. The Labute approximate surface area is 78.0 Å². The molecule has 2 nitrogen and oxygen atoms in total. The number of halogens is 1. The lowest BCUT2D eigenvalue weighted by Crippen LogP contribution is -1.88. The minimum Gasteiger partial charge on any atom is -0.380 e. The van der Waals surface area contributed by atoms with E-state index in [1.54, 1.807) is 24.6 Å². The molecule has 0 N–H and O–H groups in total. The van der Waals surface area contributed by atoms with Gasteiger partial charge in [0, 0.05) is 13.3 Å². The maximum absolute atomic E-state index is 4.93. The maximum Gasteiger partial charge on any atom is 0.159 e. The summed E-state index contributed by atoms with van der Waals surface area (Å²) in [5.41, 5.74) is 0.968. The molecular formula is C7H8BrNOS. The highest BCUT2D eigenvalue weighted by Crippen LogP contribution is 2.24. The van der Waals surface area contributed by atoms with E-state index in [9.17, 15) is 0 Å². The van der Waals surface area contributed by atoms with E-state index < -0.39 is 0 Å². The molecule has 1 heterocycles. The minimum absolute atomic E-state index is 0.564. The number of nitrogens with zero attached hydrogens (tertiary/aromatic N) is 1. The minimum atomic E-state index is 0.564. The number of methoxy groups -OCH3 is 1. The van der Waals surface area contributed by atoms with Crippen molar-refractivity contribution in [1.82, 2.24) is 4.98 Å². The first-order valence-electron chi connectivity index (χ1n) is 3.02. The molecule has 0 aliphatic carbocycles. The molecule has 0 fully saturated rings. The van der Waals surface area contributed by atoms with E-state index in [2.05, 4.69) is 27.5 Å². The van der Waals surface area contributed by atoms with Crippen LogP contribution in [0.5, 0.6) is 0 Å². The molecule has 0 spiro atoms.